The largest absolute Gasteiger partial charge is 0.367 e. The minimum atomic E-state index is -0.501. The van der Waals surface area contributed by atoms with E-state index in [2.05, 4.69) is 18.7 Å². The van der Waals surface area contributed by atoms with E-state index in [1.54, 1.807) is 12.1 Å². The van der Waals surface area contributed by atoms with E-state index in [0.717, 1.165) is 18.0 Å². The van der Waals surface area contributed by atoms with Crippen molar-refractivity contribution in [2.24, 2.45) is 0 Å². The third-order valence-corrected chi connectivity index (χ3v) is 5.11. The van der Waals surface area contributed by atoms with Crippen LogP contribution in [0.5, 0.6) is 0 Å². The number of thioether (sulfide) groups is 1. The van der Waals surface area contributed by atoms with Gasteiger partial charge in [0, 0.05) is 35.3 Å². The molecule has 0 aliphatic carbocycles. The SMILES string of the molecule is CC(=O)c1cc(N2CCSC(C)C2C)ccc1[N+](=O)[O-]. The van der Waals surface area contributed by atoms with Crippen molar-refractivity contribution in [1.29, 1.82) is 0 Å². The van der Waals surface area contributed by atoms with E-state index < -0.39 is 4.92 Å². The Hall–Kier alpha value is -1.56. The van der Waals surface area contributed by atoms with Crippen molar-refractivity contribution < 1.29 is 9.72 Å². The van der Waals surface area contributed by atoms with Gasteiger partial charge in [-0.15, -0.1) is 0 Å². The molecule has 0 N–H and O–H groups in total. The minimum absolute atomic E-state index is 0.117. The van der Waals surface area contributed by atoms with E-state index in [1.807, 2.05) is 11.8 Å². The molecule has 2 unspecified atom stereocenters. The fourth-order valence-electron chi connectivity index (χ4n) is 2.44. The summed E-state index contributed by atoms with van der Waals surface area (Å²) in [5, 5.41) is 11.5. The molecule has 0 bridgehead atoms. The maximum atomic E-state index is 11.6. The topological polar surface area (TPSA) is 63.5 Å². The van der Waals surface area contributed by atoms with E-state index in [1.165, 1.54) is 13.0 Å². The molecule has 1 aliphatic heterocycles. The molecular formula is C14H18N2O3S. The molecular weight excluding hydrogens is 276 g/mol. The van der Waals surface area contributed by atoms with E-state index >= 15 is 0 Å². The summed E-state index contributed by atoms with van der Waals surface area (Å²) in [7, 11) is 0. The number of nitro benzene ring substituents is 1. The highest BCUT2D eigenvalue weighted by atomic mass is 32.2. The fraction of sp³-hybridized carbons (Fsp3) is 0.500. The molecule has 1 aromatic carbocycles. The van der Waals surface area contributed by atoms with Gasteiger partial charge in [0.05, 0.1) is 10.5 Å². The number of ketones is 1. The van der Waals surface area contributed by atoms with Gasteiger partial charge in [-0.25, -0.2) is 0 Å². The van der Waals surface area contributed by atoms with Gasteiger partial charge in [-0.2, -0.15) is 11.8 Å². The second-order valence-electron chi connectivity index (χ2n) is 5.02. The molecule has 6 heteroatoms. The minimum Gasteiger partial charge on any atom is -0.367 e. The van der Waals surface area contributed by atoms with Crippen LogP contribution in [0.3, 0.4) is 0 Å². The molecule has 1 aliphatic rings. The Bertz CT molecular complexity index is 547. The summed E-state index contributed by atoms with van der Waals surface area (Å²) in [6.45, 7) is 6.58. The number of carbonyl (C=O) groups is 1. The lowest BCUT2D eigenvalue weighted by Crippen LogP contribution is -2.44. The molecule has 1 heterocycles. The quantitative estimate of drug-likeness (QED) is 0.487. The van der Waals surface area contributed by atoms with E-state index in [-0.39, 0.29) is 17.0 Å². The lowest BCUT2D eigenvalue weighted by molar-refractivity contribution is -0.385. The van der Waals surface area contributed by atoms with Gasteiger partial charge in [0.2, 0.25) is 0 Å². The van der Waals surface area contributed by atoms with Crippen LogP contribution in [0, 0.1) is 10.1 Å². The number of hydrogen-bond acceptors (Lipinski definition) is 5. The maximum absolute atomic E-state index is 11.6. The van der Waals surface area contributed by atoms with E-state index in [4.69, 9.17) is 0 Å². The Morgan fingerprint density at radius 3 is 2.75 bits per heavy atom. The summed E-state index contributed by atoms with van der Waals surface area (Å²) in [6.07, 6.45) is 0. The third kappa shape index (κ3) is 2.80. The summed E-state index contributed by atoms with van der Waals surface area (Å²) >= 11 is 1.93. The van der Waals surface area contributed by atoms with Gasteiger partial charge in [-0.1, -0.05) is 6.92 Å². The number of hydrogen-bond donors (Lipinski definition) is 0. The molecule has 2 rings (SSSR count). The van der Waals surface area contributed by atoms with Gasteiger partial charge in [0.25, 0.3) is 5.69 Å². The van der Waals surface area contributed by atoms with Gasteiger partial charge >= 0.3 is 0 Å². The Labute approximate surface area is 122 Å². The molecule has 1 aromatic rings. The first-order valence-corrected chi connectivity index (χ1v) is 7.64. The molecule has 0 radical (unpaired) electrons. The molecule has 0 saturated carbocycles. The van der Waals surface area contributed by atoms with Crippen LogP contribution >= 0.6 is 11.8 Å². The highest BCUT2D eigenvalue weighted by Gasteiger charge is 2.27. The van der Waals surface area contributed by atoms with Crippen LogP contribution in [-0.2, 0) is 0 Å². The van der Waals surface area contributed by atoms with Crippen molar-refractivity contribution in [1.82, 2.24) is 0 Å². The number of carbonyl (C=O) groups excluding carboxylic acids is 1. The van der Waals surface area contributed by atoms with Gasteiger partial charge < -0.3 is 4.90 Å². The van der Waals surface area contributed by atoms with E-state index in [0.29, 0.717) is 11.3 Å². The molecule has 0 amide bonds. The third-order valence-electron chi connectivity index (χ3n) is 3.77. The lowest BCUT2D eigenvalue weighted by atomic mass is 10.1. The smallest absolute Gasteiger partial charge is 0.280 e. The first-order valence-electron chi connectivity index (χ1n) is 6.59. The van der Waals surface area contributed by atoms with Gasteiger partial charge in [-0.3, -0.25) is 14.9 Å². The number of Topliss-reactive ketones (excluding diaryl/α,β-unsaturated/α-hetero) is 1. The zero-order valence-corrected chi connectivity index (χ0v) is 12.6. The summed E-state index contributed by atoms with van der Waals surface area (Å²) in [6, 6.07) is 5.17. The number of nitro groups is 1. The normalized spacial score (nSPS) is 22.6. The molecule has 1 saturated heterocycles. The van der Waals surface area contributed by atoms with Crippen LogP contribution in [0.15, 0.2) is 18.2 Å². The summed E-state index contributed by atoms with van der Waals surface area (Å²) in [4.78, 5) is 24.3. The van der Waals surface area contributed by atoms with Crippen molar-refractivity contribution in [2.75, 3.05) is 17.2 Å². The Kier molecular flexibility index (Phi) is 4.32. The van der Waals surface area contributed by atoms with Crippen molar-refractivity contribution in [3.63, 3.8) is 0 Å². The van der Waals surface area contributed by atoms with Crippen LogP contribution in [0.4, 0.5) is 11.4 Å². The molecule has 0 spiro atoms. The maximum Gasteiger partial charge on any atom is 0.280 e. The lowest BCUT2D eigenvalue weighted by Gasteiger charge is -2.39. The zero-order chi connectivity index (χ0) is 14.9. The fourth-order valence-corrected chi connectivity index (χ4v) is 3.54. The van der Waals surface area contributed by atoms with Crippen molar-refractivity contribution in [3.05, 3.63) is 33.9 Å². The van der Waals surface area contributed by atoms with Crippen LogP contribution in [0.25, 0.3) is 0 Å². The highest BCUT2D eigenvalue weighted by Crippen LogP contribution is 2.32. The van der Waals surface area contributed by atoms with Crippen LogP contribution in [-0.4, -0.2) is 34.3 Å². The number of anilines is 1. The average Bonchev–Trinajstić information content (AvgIpc) is 2.41. The molecule has 108 valence electrons. The first kappa shape index (κ1) is 14.8. The Morgan fingerprint density at radius 1 is 1.45 bits per heavy atom. The monoisotopic (exact) mass is 294 g/mol. The predicted molar refractivity (Wildman–Crippen MR) is 81.8 cm³/mol. The van der Waals surface area contributed by atoms with Crippen LogP contribution in [0.1, 0.15) is 31.1 Å². The van der Waals surface area contributed by atoms with Crippen molar-refractivity contribution >= 4 is 28.9 Å². The molecule has 5 nitrogen and oxygen atoms in total. The number of benzene rings is 1. The van der Waals surface area contributed by atoms with Crippen LogP contribution < -0.4 is 4.90 Å². The predicted octanol–water partition coefficient (Wildman–Crippen LogP) is 3.13. The first-order chi connectivity index (χ1) is 9.41. The summed E-state index contributed by atoms with van der Waals surface area (Å²) < 4.78 is 0. The van der Waals surface area contributed by atoms with E-state index in [9.17, 15) is 14.9 Å². The van der Waals surface area contributed by atoms with Gasteiger partial charge in [0.1, 0.15) is 0 Å². The Morgan fingerprint density at radius 2 is 2.15 bits per heavy atom. The van der Waals surface area contributed by atoms with Crippen LogP contribution in [0.2, 0.25) is 0 Å². The second-order valence-corrected chi connectivity index (χ2v) is 6.51. The molecule has 20 heavy (non-hydrogen) atoms. The summed E-state index contributed by atoms with van der Waals surface area (Å²) in [5.41, 5.74) is 0.958. The number of nitrogens with zero attached hydrogens (tertiary/aromatic N) is 2. The van der Waals surface area contributed by atoms with Crippen molar-refractivity contribution in [3.8, 4) is 0 Å². The average molecular weight is 294 g/mol. The molecule has 1 fully saturated rings. The Balaban J connectivity index is 2.40. The standard InChI is InChI=1S/C14H18N2O3S/c1-9-11(3)20-7-6-15(9)12-4-5-14(16(18)19)13(8-12)10(2)17/h4-5,8-9,11H,6-7H2,1-3H3. The summed E-state index contributed by atoms with van der Waals surface area (Å²) in [5.74, 6) is 0.753. The molecule has 2 atom stereocenters. The second kappa shape index (κ2) is 5.83. The number of rotatable bonds is 3. The molecule has 0 aromatic heterocycles. The van der Waals surface area contributed by atoms with Gasteiger partial charge in [0.15, 0.2) is 5.78 Å². The zero-order valence-electron chi connectivity index (χ0n) is 11.8. The van der Waals surface area contributed by atoms with Gasteiger partial charge in [-0.05, 0) is 26.0 Å². The van der Waals surface area contributed by atoms with Crippen molar-refractivity contribution in [2.45, 2.75) is 32.1 Å². The highest BCUT2D eigenvalue weighted by molar-refractivity contribution is 8.00.